The highest BCUT2D eigenvalue weighted by Gasteiger charge is 2.30. The van der Waals surface area contributed by atoms with Gasteiger partial charge in [-0.1, -0.05) is 20.8 Å². The number of nitrogens with one attached hydrogen (secondary N) is 1. The Morgan fingerprint density at radius 3 is 2.94 bits per heavy atom. The highest BCUT2D eigenvalue weighted by Crippen LogP contribution is 2.37. The van der Waals surface area contributed by atoms with Crippen molar-refractivity contribution in [2.75, 3.05) is 0 Å². The third-order valence-electron chi connectivity index (χ3n) is 3.46. The summed E-state index contributed by atoms with van der Waals surface area (Å²) in [4.78, 5) is 5.83. The summed E-state index contributed by atoms with van der Waals surface area (Å²) in [6.45, 7) is 7.87. The van der Waals surface area contributed by atoms with Gasteiger partial charge in [-0.05, 0) is 31.1 Å². The zero-order chi connectivity index (χ0) is 11.6. The second-order valence-electron chi connectivity index (χ2n) is 5.56. The fraction of sp³-hybridized carbons (Fsp3) is 0.769. The van der Waals surface area contributed by atoms with E-state index in [1.54, 1.807) is 0 Å². The molecule has 0 bridgehead atoms. The van der Waals surface area contributed by atoms with Gasteiger partial charge in [-0.3, -0.25) is 0 Å². The molecule has 3 heteroatoms. The molecule has 1 aliphatic carbocycles. The molecule has 0 spiro atoms. The lowest BCUT2D eigenvalue weighted by Gasteiger charge is -2.17. The van der Waals surface area contributed by atoms with E-state index in [0.29, 0.717) is 11.5 Å². The molecule has 0 aliphatic heterocycles. The fourth-order valence-electron chi connectivity index (χ4n) is 2.44. The molecule has 1 saturated carbocycles. The van der Waals surface area contributed by atoms with Gasteiger partial charge in [-0.15, -0.1) is 11.3 Å². The Kier molecular flexibility index (Phi) is 3.65. The number of nitrogens with zero attached hydrogens (tertiary/aromatic N) is 1. The third kappa shape index (κ3) is 3.05. The van der Waals surface area contributed by atoms with Crippen molar-refractivity contribution >= 4 is 11.3 Å². The first-order valence-electron chi connectivity index (χ1n) is 6.26. The van der Waals surface area contributed by atoms with Gasteiger partial charge in [0.2, 0.25) is 0 Å². The molecule has 1 aromatic heterocycles. The van der Waals surface area contributed by atoms with Gasteiger partial charge in [0.05, 0.1) is 0 Å². The summed E-state index contributed by atoms with van der Waals surface area (Å²) in [5.74, 6) is 0. The SMILES string of the molecule is CCc1cnc(CNC2CCC(C)(C)C2)s1. The predicted octanol–water partition coefficient (Wildman–Crippen LogP) is 3.37. The van der Waals surface area contributed by atoms with Gasteiger partial charge in [0, 0.05) is 23.7 Å². The molecule has 0 amide bonds. The second-order valence-corrected chi connectivity index (χ2v) is 6.76. The van der Waals surface area contributed by atoms with E-state index in [9.17, 15) is 0 Å². The van der Waals surface area contributed by atoms with E-state index in [2.05, 4.69) is 31.1 Å². The van der Waals surface area contributed by atoms with E-state index < -0.39 is 0 Å². The summed E-state index contributed by atoms with van der Waals surface area (Å²) in [6.07, 6.45) is 7.09. The maximum Gasteiger partial charge on any atom is 0.107 e. The van der Waals surface area contributed by atoms with Crippen molar-refractivity contribution in [3.05, 3.63) is 16.1 Å². The Morgan fingerprint density at radius 1 is 1.56 bits per heavy atom. The van der Waals surface area contributed by atoms with E-state index in [-0.39, 0.29) is 0 Å². The maximum atomic E-state index is 4.44. The average molecular weight is 238 g/mol. The number of rotatable bonds is 4. The lowest BCUT2D eigenvalue weighted by Crippen LogP contribution is -2.26. The standard InChI is InChI=1S/C13H22N2S/c1-4-11-8-15-12(16-11)9-14-10-5-6-13(2,3)7-10/h8,10,14H,4-7,9H2,1-3H3. The van der Waals surface area contributed by atoms with Crippen molar-refractivity contribution in [2.45, 2.75) is 59.0 Å². The van der Waals surface area contributed by atoms with Crippen molar-refractivity contribution in [3.8, 4) is 0 Å². The topological polar surface area (TPSA) is 24.9 Å². The van der Waals surface area contributed by atoms with Crippen LogP contribution in [0.15, 0.2) is 6.20 Å². The summed E-state index contributed by atoms with van der Waals surface area (Å²) in [6, 6.07) is 0.698. The van der Waals surface area contributed by atoms with Gasteiger partial charge < -0.3 is 5.32 Å². The van der Waals surface area contributed by atoms with Gasteiger partial charge in [-0.25, -0.2) is 4.98 Å². The fourth-order valence-corrected chi connectivity index (χ4v) is 3.25. The molecule has 0 saturated heterocycles. The summed E-state index contributed by atoms with van der Waals surface area (Å²) < 4.78 is 0. The van der Waals surface area contributed by atoms with E-state index in [1.165, 1.54) is 29.1 Å². The van der Waals surface area contributed by atoms with Gasteiger partial charge >= 0.3 is 0 Å². The Morgan fingerprint density at radius 2 is 2.38 bits per heavy atom. The first kappa shape index (κ1) is 12.1. The normalized spacial score (nSPS) is 23.8. The first-order valence-corrected chi connectivity index (χ1v) is 7.08. The van der Waals surface area contributed by atoms with Crippen LogP contribution in [0, 0.1) is 5.41 Å². The Bertz CT molecular complexity index is 343. The minimum atomic E-state index is 0.537. The molecule has 1 unspecified atom stereocenters. The van der Waals surface area contributed by atoms with Gasteiger partial charge in [-0.2, -0.15) is 0 Å². The van der Waals surface area contributed by atoms with Crippen LogP contribution in [0.2, 0.25) is 0 Å². The van der Waals surface area contributed by atoms with E-state index in [4.69, 9.17) is 0 Å². The van der Waals surface area contributed by atoms with Gasteiger partial charge in [0.1, 0.15) is 5.01 Å². The molecule has 90 valence electrons. The number of hydrogen-bond donors (Lipinski definition) is 1. The molecule has 2 nitrogen and oxygen atoms in total. The van der Waals surface area contributed by atoms with Crippen LogP contribution in [-0.2, 0) is 13.0 Å². The predicted molar refractivity (Wildman–Crippen MR) is 69.8 cm³/mol. The van der Waals surface area contributed by atoms with Crippen LogP contribution < -0.4 is 5.32 Å². The third-order valence-corrected chi connectivity index (χ3v) is 4.60. The zero-order valence-electron chi connectivity index (χ0n) is 10.5. The van der Waals surface area contributed by atoms with Crippen molar-refractivity contribution in [2.24, 2.45) is 5.41 Å². The number of hydrogen-bond acceptors (Lipinski definition) is 3. The molecule has 0 radical (unpaired) electrons. The van der Waals surface area contributed by atoms with Gasteiger partial charge in [0.25, 0.3) is 0 Å². The van der Waals surface area contributed by atoms with Crippen LogP contribution >= 0.6 is 11.3 Å². The monoisotopic (exact) mass is 238 g/mol. The molecule has 1 heterocycles. The van der Waals surface area contributed by atoms with Crippen LogP contribution in [0.3, 0.4) is 0 Å². The molecule has 1 fully saturated rings. The van der Waals surface area contributed by atoms with Crippen LogP contribution in [0.4, 0.5) is 0 Å². The number of thiazole rings is 1. The van der Waals surface area contributed by atoms with E-state index in [0.717, 1.165) is 13.0 Å². The summed E-state index contributed by atoms with van der Waals surface area (Å²) in [7, 11) is 0. The summed E-state index contributed by atoms with van der Waals surface area (Å²) in [5.41, 5.74) is 0.537. The van der Waals surface area contributed by atoms with Gasteiger partial charge in [0.15, 0.2) is 0 Å². The maximum absolute atomic E-state index is 4.44. The van der Waals surface area contributed by atoms with Crippen molar-refractivity contribution in [1.29, 1.82) is 0 Å². The molecule has 1 aromatic rings. The molecular weight excluding hydrogens is 216 g/mol. The van der Waals surface area contributed by atoms with Crippen molar-refractivity contribution < 1.29 is 0 Å². The Labute approximate surface area is 102 Å². The van der Waals surface area contributed by atoms with Crippen molar-refractivity contribution in [3.63, 3.8) is 0 Å². The second kappa shape index (κ2) is 4.84. The lowest BCUT2D eigenvalue weighted by molar-refractivity contribution is 0.364. The summed E-state index contributed by atoms with van der Waals surface area (Å²) >= 11 is 1.84. The lowest BCUT2D eigenvalue weighted by atomic mass is 9.92. The smallest absolute Gasteiger partial charge is 0.107 e. The van der Waals surface area contributed by atoms with E-state index in [1.807, 2.05) is 17.5 Å². The molecule has 1 aliphatic rings. The molecular formula is C13H22N2S. The zero-order valence-corrected chi connectivity index (χ0v) is 11.4. The molecule has 16 heavy (non-hydrogen) atoms. The van der Waals surface area contributed by atoms with Crippen LogP contribution in [0.5, 0.6) is 0 Å². The Balaban J connectivity index is 1.80. The minimum Gasteiger partial charge on any atom is -0.308 e. The number of aromatic nitrogens is 1. The minimum absolute atomic E-state index is 0.537. The highest BCUT2D eigenvalue weighted by atomic mass is 32.1. The van der Waals surface area contributed by atoms with Crippen molar-refractivity contribution in [1.82, 2.24) is 10.3 Å². The number of aryl methyl sites for hydroxylation is 1. The largest absolute Gasteiger partial charge is 0.308 e. The highest BCUT2D eigenvalue weighted by molar-refractivity contribution is 7.11. The van der Waals surface area contributed by atoms with Crippen LogP contribution in [0.1, 0.15) is 49.9 Å². The quantitative estimate of drug-likeness (QED) is 0.870. The average Bonchev–Trinajstić information content (AvgIpc) is 2.81. The van der Waals surface area contributed by atoms with Crippen LogP contribution in [-0.4, -0.2) is 11.0 Å². The molecule has 1 N–H and O–H groups in total. The first-order chi connectivity index (χ1) is 7.59. The molecule has 2 rings (SSSR count). The molecule has 1 atom stereocenters. The van der Waals surface area contributed by atoms with Crippen LogP contribution in [0.25, 0.3) is 0 Å². The van der Waals surface area contributed by atoms with E-state index >= 15 is 0 Å². The molecule has 0 aromatic carbocycles. The Hall–Kier alpha value is -0.410. The summed E-state index contributed by atoms with van der Waals surface area (Å²) in [5, 5.41) is 4.88.